The van der Waals surface area contributed by atoms with Crippen molar-refractivity contribution in [3.63, 3.8) is 0 Å². The highest BCUT2D eigenvalue weighted by atomic mass is 15.1. The van der Waals surface area contributed by atoms with Crippen molar-refractivity contribution in [2.75, 3.05) is 33.2 Å². The molecule has 0 aliphatic carbocycles. The fraction of sp³-hybridized carbons (Fsp3) is 0.833. The van der Waals surface area contributed by atoms with Gasteiger partial charge in [-0.1, -0.05) is 6.08 Å². The van der Waals surface area contributed by atoms with E-state index in [-0.39, 0.29) is 0 Å². The lowest BCUT2D eigenvalue weighted by atomic mass is 9.97. The summed E-state index contributed by atoms with van der Waals surface area (Å²) in [6.45, 7) is 8.80. The maximum Gasteiger partial charge on any atom is -0.00156 e. The quantitative estimate of drug-likeness (QED) is 0.515. The van der Waals surface area contributed by atoms with Crippen LogP contribution in [0, 0.1) is 5.92 Å². The number of likely N-dealkylation sites (tertiary alicyclic amines) is 1. The average molecular weight is 196 g/mol. The number of piperidine rings is 1. The van der Waals surface area contributed by atoms with E-state index in [2.05, 4.69) is 23.8 Å². The van der Waals surface area contributed by atoms with E-state index < -0.39 is 0 Å². The fourth-order valence-corrected chi connectivity index (χ4v) is 2.16. The first-order valence-corrected chi connectivity index (χ1v) is 5.84. The van der Waals surface area contributed by atoms with Crippen molar-refractivity contribution >= 4 is 0 Å². The Morgan fingerprint density at radius 1 is 1.43 bits per heavy atom. The van der Waals surface area contributed by atoms with Gasteiger partial charge in [-0.15, -0.1) is 6.58 Å². The number of nitrogens with zero attached hydrogens (tertiary/aromatic N) is 1. The van der Waals surface area contributed by atoms with Gasteiger partial charge in [-0.3, -0.25) is 0 Å². The van der Waals surface area contributed by atoms with Crippen LogP contribution in [-0.4, -0.2) is 38.1 Å². The van der Waals surface area contributed by atoms with Crippen LogP contribution in [0.4, 0.5) is 0 Å². The maximum absolute atomic E-state index is 3.75. The summed E-state index contributed by atoms with van der Waals surface area (Å²) < 4.78 is 0. The van der Waals surface area contributed by atoms with E-state index in [0.717, 1.165) is 12.3 Å². The van der Waals surface area contributed by atoms with Crippen molar-refractivity contribution in [1.29, 1.82) is 0 Å². The van der Waals surface area contributed by atoms with E-state index >= 15 is 0 Å². The minimum atomic E-state index is 0.913. The van der Waals surface area contributed by atoms with Crippen LogP contribution < -0.4 is 5.32 Å². The summed E-state index contributed by atoms with van der Waals surface area (Å²) in [6.07, 6.45) is 7.20. The van der Waals surface area contributed by atoms with Crippen LogP contribution in [0.1, 0.15) is 25.7 Å². The summed E-state index contributed by atoms with van der Waals surface area (Å²) in [4.78, 5) is 2.59. The van der Waals surface area contributed by atoms with Gasteiger partial charge >= 0.3 is 0 Å². The molecular formula is C12H24N2. The molecule has 2 heteroatoms. The molecule has 1 saturated heterocycles. The first-order chi connectivity index (χ1) is 6.86. The predicted molar refractivity (Wildman–Crippen MR) is 62.5 cm³/mol. The Kier molecular flexibility index (Phi) is 5.88. The molecule has 1 heterocycles. The molecule has 0 aromatic carbocycles. The van der Waals surface area contributed by atoms with Crippen LogP contribution in [0.3, 0.4) is 0 Å². The average Bonchev–Trinajstić information content (AvgIpc) is 2.21. The summed E-state index contributed by atoms with van der Waals surface area (Å²) in [6, 6.07) is 0. The first kappa shape index (κ1) is 11.7. The SMILES string of the molecule is C=CCCCN1CCC(CNC)CC1. The van der Waals surface area contributed by atoms with Gasteiger partial charge in [-0.05, 0) is 64.8 Å². The van der Waals surface area contributed by atoms with E-state index in [0.29, 0.717) is 0 Å². The van der Waals surface area contributed by atoms with Crippen molar-refractivity contribution in [1.82, 2.24) is 10.2 Å². The Morgan fingerprint density at radius 2 is 2.14 bits per heavy atom. The zero-order valence-electron chi connectivity index (χ0n) is 9.47. The molecule has 0 radical (unpaired) electrons. The van der Waals surface area contributed by atoms with Crippen molar-refractivity contribution in [2.45, 2.75) is 25.7 Å². The van der Waals surface area contributed by atoms with E-state index in [4.69, 9.17) is 0 Å². The monoisotopic (exact) mass is 196 g/mol. The van der Waals surface area contributed by atoms with Crippen LogP contribution in [-0.2, 0) is 0 Å². The van der Waals surface area contributed by atoms with Gasteiger partial charge in [0.2, 0.25) is 0 Å². The third-order valence-corrected chi connectivity index (χ3v) is 3.08. The van der Waals surface area contributed by atoms with Crippen LogP contribution in [0.2, 0.25) is 0 Å². The normalized spacial score (nSPS) is 19.8. The van der Waals surface area contributed by atoms with Crippen molar-refractivity contribution in [2.24, 2.45) is 5.92 Å². The minimum absolute atomic E-state index is 0.913. The molecule has 1 N–H and O–H groups in total. The van der Waals surface area contributed by atoms with Crippen molar-refractivity contribution in [3.8, 4) is 0 Å². The fourth-order valence-electron chi connectivity index (χ4n) is 2.16. The first-order valence-electron chi connectivity index (χ1n) is 5.84. The van der Waals surface area contributed by atoms with Crippen molar-refractivity contribution in [3.05, 3.63) is 12.7 Å². The molecule has 0 amide bonds. The Labute approximate surface area is 88.4 Å². The number of allylic oxidation sites excluding steroid dienone is 1. The van der Waals surface area contributed by atoms with E-state index in [9.17, 15) is 0 Å². The Bertz CT molecular complexity index is 148. The molecule has 82 valence electrons. The van der Waals surface area contributed by atoms with Gasteiger partial charge in [-0.25, -0.2) is 0 Å². The molecule has 0 aromatic rings. The molecule has 1 fully saturated rings. The zero-order valence-corrected chi connectivity index (χ0v) is 9.47. The van der Waals surface area contributed by atoms with Crippen LogP contribution in [0.25, 0.3) is 0 Å². The standard InChI is InChI=1S/C12H24N2/c1-3-4-5-8-14-9-6-12(7-10-14)11-13-2/h3,12-13H,1,4-11H2,2H3. The predicted octanol–water partition coefficient (Wildman–Crippen LogP) is 1.88. The molecule has 1 rings (SSSR count). The van der Waals surface area contributed by atoms with Crippen molar-refractivity contribution < 1.29 is 0 Å². The molecule has 0 bridgehead atoms. The Hall–Kier alpha value is -0.340. The molecule has 0 spiro atoms. The topological polar surface area (TPSA) is 15.3 Å². The van der Waals surface area contributed by atoms with Crippen LogP contribution >= 0.6 is 0 Å². The second-order valence-electron chi connectivity index (χ2n) is 4.27. The molecule has 1 aliphatic heterocycles. The lowest BCUT2D eigenvalue weighted by Gasteiger charge is -2.31. The summed E-state index contributed by atoms with van der Waals surface area (Å²) in [5.74, 6) is 0.913. The molecule has 2 nitrogen and oxygen atoms in total. The van der Waals surface area contributed by atoms with E-state index in [1.54, 1.807) is 0 Å². The van der Waals surface area contributed by atoms with Gasteiger partial charge < -0.3 is 10.2 Å². The lowest BCUT2D eigenvalue weighted by molar-refractivity contribution is 0.182. The highest BCUT2D eigenvalue weighted by molar-refractivity contribution is 4.74. The molecule has 1 aliphatic rings. The van der Waals surface area contributed by atoms with E-state index in [1.165, 1.54) is 45.4 Å². The molecule has 0 saturated carbocycles. The number of hydrogen-bond donors (Lipinski definition) is 1. The van der Waals surface area contributed by atoms with Gasteiger partial charge in [0.25, 0.3) is 0 Å². The second kappa shape index (κ2) is 7.02. The Balaban J connectivity index is 2.06. The van der Waals surface area contributed by atoms with Gasteiger partial charge in [-0.2, -0.15) is 0 Å². The molecule has 0 unspecified atom stereocenters. The third-order valence-electron chi connectivity index (χ3n) is 3.08. The van der Waals surface area contributed by atoms with Gasteiger partial charge in [0.15, 0.2) is 0 Å². The summed E-state index contributed by atoms with van der Waals surface area (Å²) in [5, 5.41) is 3.27. The largest absolute Gasteiger partial charge is 0.319 e. The molecule has 0 atom stereocenters. The molecule has 0 aromatic heterocycles. The number of nitrogens with one attached hydrogen (secondary N) is 1. The molecular weight excluding hydrogens is 172 g/mol. The Morgan fingerprint density at radius 3 is 2.71 bits per heavy atom. The summed E-state index contributed by atoms with van der Waals surface area (Å²) in [5.41, 5.74) is 0. The third kappa shape index (κ3) is 4.25. The highest BCUT2D eigenvalue weighted by Crippen LogP contribution is 2.16. The summed E-state index contributed by atoms with van der Waals surface area (Å²) in [7, 11) is 2.05. The van der Waals surface area contributed by atoms with E-state index in [1.807, 2.05) is 6.08 Å². The van der Waals surface area contributed by atoms with Gasteiger partial charge in [0, 0.05) is 0 Å². The highest BCUT2D eigenvalue weighted by Gasteiger charge is 2.17. The molecule has 14 heavy (non-hydrogen) atoms. The van der Waals surface area contributed by atoms with Gasteiger partial charge in [0.05, 0.1) is 0 Å². The summed E-state index contributed by atoms with van der Waals surface area (Å²) >= 11 is 0. The lowest BCUT2D eigenvalue weighted by Crippen LogP contribution is -2.37. The smallest absolute Gasteiger partial charge is 0.00156 e. The number of rotatable bonds is 6. The minimum Gasteiger partial charge on any atom is -0.319 e. The zero-order chi connectivity index (χ0) is 10.2. The second-order valence-corrected chi connectivity index (χ2v) is 4.27. The number of hydrogen-bond acceptors (Lipinski definition) is 2. The van der Waals surface area contributed by atoms with Crippen LogP contribution in [0.15, 0.2) is 12.7 Å². The van der Waals surface area contributed by atoms with Gasteiger partial charge in [0.1, 0.15) is 0 Å². The number of unbranched alkanes of at least 4 members (excludes halogenated alkanes) is 1. The van der Waals surface area contributed by atoms with Crippen LogP contribution in [0.5, 0.6) is 0 Å². The maximum atomic E-state index is 3.75.